The van der Waals surface area contributed by atoms with Gasteiger partial charge in [0, 0.05) is 0 Å². The van der Waals surface area contributed by atoms with Gasteiger partial charge in [0.1, 0.15) is 18.3 Å². The number of hydrogen-bond donors (Lipinski definition) is 3. The molecule has 90 valence electrons. The van der Waals surface area contributed by atoms with Crippen LogP contribution in [0.5, 0.6) is 0 Å². The van der Waals surface area contributed by atoms with Gasteiger partial charge in [0.05, 0.1) is 11.0 Å². The van der Waals surface area contributed by atoms with Crippen molar-refractivity contribution in [2.24, 2.45) is 5.84 Å². The molecule has 18 heavy (non-hydrogen) atoms. The van der Waals surface area contributed by atoms with Crippen molar-refractivity contribution in [3.63, 3.8) is 0 Å². The number of aromatic nitrogens is 4. The summed E-state index contributed by atoms with van der Waals surface area (Å²) in [5, 5.41) is 0. The molecule has 3 aromatic rings. The molecule has 0 amide bonds. The summed E-state index contributed by atoms with van der Waals surface area (Å²) < 4.78 is 1.80. The third-order valence-corrected chi connectivity index (χ3v) is 2.68. The molecule has 0 aliphatic carbocycles. The van der Waals surface area contributed by atoms with E-state index in [4.69, 9.17) is 11.6 Å². The Kier molecular flexibility index (Phi) is 2.31. The first-order valence-electron chi connectivity index (χ1n) is 5.31. The van der Waals surface area contributed by atoms with Crippen molar-refractivity contribution in [2.45, 2.75) is 0 Å². The number of nitrogens with two attached hydrogens (primary N) is 2. The highest BCUT2D eigenvalue weighted by Gasteiger charge is 2.11. The standard InChI is InChI=1S/C11H11N7/c12-9-10(17-13)14-5-15-11(9)18-6-16-7-3-1-2-4-8(7)18/h1-6H,12-13H2,(H,14,15,17). The van der Waals surface area contributed by atoms with Gasteiger partial charge in [0.2, 0.25) is 0 Å². The fourth-order valence-corrected chi connectivity index (χ4v) is 1.82. The van der Waals surface area contributed by atoms with E-state index in [2.05, 4.69) is 20.4 Å². The first kappa shape index (κ1) is 10.5. The normalized spacial score (nSPS) is 10.7. The Morgan fingerprint density at radius 1 is 1.11 bits per heavy atom. The van der Waals surface area contributed by atoms with Crippen LogP contribution < -0.4 is 17.0 Å². The van der Waals surface area contributed by atoms with Crippen LogP contribution in [0.1, 0.15) is 0 Å². The van der Waals surface area contributed by atoms with Crippen molar-refractivity contribution < 1.29 is 0 Å². The summed E-state index contributed by atoms with van der Waals surface area (Å²) in [6.07, 6.45) is 3.07. The minimum atomic E-state index is 0.378. The van der Waals surface area contributed by atoms with E-state index in [1.165, 1.54) is 6.33 Å². The van der Waals surface area contributed by atoms with E-state index in [9.17, 15) is 0 Å². The van der Waals surface area contributed by atoms with Crippen LogP contribution in [-0.2, 0) is 0 Å². The summed E-state index contributed by atoms with van der Waals surface area (Å²) in [5.74, 6) is 6.28. The average Bonchev–Trinajstić information content (AvgIpc) is 2.83. The molecule has 0 unspecified atom stereocenters. The van der Waals surface area contributed by atoms with Crippen LogP contribution in [0.15, 0.2) is 36.9 Å². The molecular formula is C11H11N7. The molecule has 0 bridgehead atoms. The highest BCUT2D eigenvalue weighted by atomic mass is 15.3. The minimum Gasteiger partial charge on any atom is -0.393 e. The second-order valence-electron chi connectivity index (χ2n) is 3.71. The molecule has 2 heterocycles. The Morgan fingerprint density at radius 3 is 2.78 bits per heavy atom. The molecule has 0 spiro atoms. The lowest BCUT2D eigenvalue weighted by molar-refractivity contribution is 0.997. The summed E-state index contributed by atoms with van der Waals surface area (Å²) in [6, 6.07) is 7.72. The van der Waals surface area contributed by atoms with E-state index in [0.29, 0.717) is 17.3 Å². The zero-order valence-electron chi connectivity index (χ0n) is 9.41. The molecular weight excluding hydrogens is 230 g/mol. The predicted molar refractivity (Wildman–Crippen MR) is 68.9 cm³/mol. The van der Waals surface area contributed by atoms with E-state index < -0.39 is 0 Å². The fraction of sp³-hybridized carbons (Fsp3) is 0. The average molecular weight is 241 g/mol. The van der Waals surface area contributed by atoms with Gasteiger partial charge < -0.3 is 11.2 Å². The van der Waals surface area contributed by atoms with Gasteiger partial charge >= 0.3 is 0 Å². The number of nitrogen functional groups attached to an aromatic ring is 2. The zero-order valence-corrected chi connectivity index (χ0v) is 9.41. The highest BCUT2D eigenvalue weighted by molar-refractivity contribution is 5.79. The number of nitrogens with one attached hydrogen (secondary N) is 1. The van der Waals surface area contributed by atoms with Crippen molar-refractivity contribution in [1.29, 1.82) is 0 Å². The largest absolute Gasteiger partial charge is 0.393 e. The number of imidazole rings is 1. The quantitative estimate of drug-likeness (QED) is 0.450. The smallest absolute Gasteiger partial charge is 0.168 e. The van der Waals surface area contributed by atoms with Gasteiger partial charge in [0.15, 0.2) is 11.6 Å². The summed E-state index contributed by atoms with van der Waals surface area (Å²) in [4.78, 5) is 12.4. The van der Waals surface area contributed by atoms with E-state index in [1.54, 1.807) is 10.9 Å². The Labute approximate surface area is 102 Å². The SMILES string of the molecule is NNc1ncnc(-n2cnc3ccccc32)c1N. The minimum absolute atomic E-state index is 0.378. The third kappa shape index (κ3) is 1.45. The lowest BCUT2D eigenvalue weighted by Crippen LogP contribution is -2.13. The molecule has 2 aromatic heterocycles. The number of hydrogen-bond acceptors (Lipinski definition) is 6. The molecule has 0 aliphatic rings. The highest BCUT2D eigenvalue weighted by Crippen LogP contribution is 2.24. The predicted octanol–water partition coefficient (Wildman–Crippen LogP) is 0.683. The maximum atomic E-state index is 5.96. The fourth-order valence-electron chi connectivity index (χ4n) is 1.82. The van der Waals surface area contributed by atoms with Crippen LogP contribution in [-0.4, -0.2) is 19.5 Å². The number of rotatable bonds is 2. The lowest BCUT2D eigenvalue weighted by Gasteiger charge is -2.09. The van der Waals surface area contributed by atoms with Crippen molar-refractivity contribution >= 4 is 22.5 Å². The monoisotopic (exact) mass is 241 g/mol. The van der Waals surface area contributed by atoms with Gasteiger partial charge in [-0.15, -0.1) is 0 Å². The van der Waals surface area contributed by atoms with Crippen LogP contribution in [0.25, 0.3) is 16.9 Å². The second kappa shape index (κ2) is 3.97. The number of hydrazine groups is 1. The molecule has 0 fully saturated rings. The summed E-state index contributed by atoms with van der Waals surface area (Å²) in [6.45, 7) is 0. The molecule has 7 heteroatoms. The number of nitrogens with zero attached hydrogens (tertiary/aromatic N) is 4. The van der Waals surface area contributed by atoms with E-state index in [1.807, 2.05) is 24.3 Å². The number of para-hydroxylation sites is 2. The number of fused-ring (bicyclic) bond motifs is 1. The summed E-state index contributed by atoms with van der Waals surface area (Å²) in [7, 11) is 0. The van der Waals surface area contributed by atoms with Crippen molar-refractivity contribution in [3.8, 4) is 5.82 Å². The third-order valence-electron chi connectivity index (χ3n) is 2.68. The van der Waals surface area contributed by atoms with E-state index in [0.717, 1.165) is 11.0 Å². The van der Waals surface area contributed by atoms with Crippen molar-refractivity contribution in [1.82, 2.24) is 19.5 Å². The van der Waals surface area contributed by atoms with Crippen LogP contribution in [0.4, 0.5) is 11.5 Å². The topological polar surface area (TPSA) is 108 Å². The Balaban J connectivity index is 2.26. The van der Waals surface area contributed by atoms with Crippen molar-refractivity contribution in [3.05, 3.63) is 36.9 Å². The van der Waals surface area contributed by atoms with E-state index >= 15 is 0 Å². The Bertz CT molecular complexity index is 703. The van der Waals surface area contributed by atoms with Gasteiger partial charge in [-0.2, -0.15) is 0 Å². The van der Waals surface area contributed by atoms with Gasteiger partial charge in [-0.1, -0.05) is 12.1 Å². The molecule has 3 rings (SSSR count). The number of anilines is 2. The molecule has 0 saturated heterocycles. The molecule has 5 N–H and O–H groups in total. The molecule has 0 aliphatic heterocycles. The second-order valence-corrected chi connectivity index (χ2v) is 3.71. The van der Waals surface area contributed by atoms with Crippen LogP contribution in [0.3, 0.4) is 0 Å². The number of benzene rings is 1. The van der Waals surface area contributed by atoms with Crippen LogP contribution in [0, 0.1) is 0 Å². The maximum absolute atomic E-state index is 5.96. The Morgan fingerprint density at radius 2 is 1.94 bits per heavy atom. The van der Waals surface area contributed by atoms with Crippen LogP contribution >= 0.6 is 0 Å². The van der Waals surface area contributed by atoms with E-state index in [-0.39, 0.29) is 0 Å². The summed E-state index contributed by atoms with van der Waals surface area (Å²) >= 11 is 0. The first-order valence-corrected chi connectivity index (χ1v) is 5.31. The van der Waals surface area contributed by atoms with Gasteiger partial charge in [-0.25, -0.2) is 20.8 Å². The lowest BCUT2D eigenvalue weighted by atomic mass is 10.3. The first-order chi connectivity index (χ1) is 8.81. The van der Waals surface area contributed by atoms with Crippen LogP contribution in [0.2, 0.25) is 0 Å². The maximum Gasteiger partial charge on any atom is 0.168 e. The van der Waals surface area contributed by atoms with Crippen molar-refractivity contribution in [2.75, 3.05) is 11.2 Å². The van der Waals surface area contributed by atoms with Gasteiger partial charge in [-0.3, -0.25) is 4.57 Å². The molecule has 0 atom stereocenters. The molecule has 0 saturated carbocycles. The summed E-state index contributed by atoms with van der Waals surface area (Å²) in [5.41, 5.74) is 10.6. The molecule has 7 nitrogen and oxygen atoms in total. The molecule has 0 radical (unpaired) electrons. The Hall–Kier alpha value is -2.67. The zero-order chi connectivity index (χ0) is 12.5. The van der Waals surface area contributed by atoms with Gasteiger partial charge in [0.25, 0.3) is 0 Å². The molecule has 1 aromatic carbocycles. The van der Waals surface area contributed by atoms with Gasteiger partial charge in [-0.05, 0) is 12.1 Å².